The van der Waals surface area contributed by atoms with Crippen LogP contribution in [0.25, 0.3) is 0 Å². The zero-order valence-electron chi connectivity index (χ0n) is 16.6. The molecule has 1 atom stereocenters. The van der Waals surface area contributed by atoms with Crippen molar-refractivity contribution in [2.45, 2.75) is 25.1 Å². The molecule has 2 aromatic rings. The second-order valence-corrected chi connectivity index (χ2v) is 10.8. The van der Waals surface area contributed by atoms with E-state index in [0.29, 0.717) is 39.5 Å². The Kier molecular flexibility index (Phi) is 9.63. The van der Waals surface area contributed by atoms with Crippen LogP contribution in [0.5, 0.6) is 0 Å². The minimum absolute atomic E-state index is 0.321. The summed E-state index contributed by atoms with van der Waals surface area (Å²) >= 11 is 19.6. The number of nitrogens with zero attached hydrogens (tertiary/aromatic N) is 1. The number of rotatable bonds is 10. The van der Waals surface area contributed by atoms with Crippen molar-refractivity contribution >= 4 is 68.2 Å². The SMILES string of the molecule is CC[C@H](C(=O)NCCSCc1ccc(Cl)c(Cl)c1)N(c1cccc(Cl)c1)S(C)(=O)=O. The first-order valence-corrected chi connectivity index (χ1v) is 13.3. The smallest absolute Gasteiger partial charge is 0.243 e. The van der Waals surface area contributed by atoms with Gasteiger partial charge in [-0.25, -0.2) is 8.42 Å². The molecular formula is C20H23Cl3N2O3S2. The molecular weight excluding hydrogens is 487 g/mol. The van der Waals surface area contributed by atoms with Gasteiger partial charge in [0.05, 0.1) is 22.0 Å². The maximum Gasteiger partial charge on any atom is 0.243 e. The highest BCUT2D eigenvalue weighted by molar-refractivity contribution is 7.98. The van der Waals surface area contributed by atoms with Crippen LogP contribution in [-0.2, 0) is 20.6 Å². The summed E-state index contributed by atoms with van der Waals surface area (Å²) in [4.78, 5) is 12.7. The molecule has 0 radical (unpaired) electrons. The third-order valence-electron chi connectivity index (χ3n) is 4.19. The van der Waals surface area contributed by atoms with Gasteiger partial charge in [-0.2, -0.15) is 11.8 Å². The first kappa shape index (κ1) is 25.1. The molecule has 0 aliphatic carbocycles. The van der Waals surface area contributed by atoms with Crippen molar-refractivity contribution in [1.29, 1.82) is 0 Å². The fraction of sp³-hybridized carbons (Fsp3) is 0.350. The molecule has 2 rings (SSSR count). The molecule has 0 aliphatic heterocycles. The highest BCUT2D eigenvalue weighted by atomic mass is 35.5. The molecule has 0 saturated carbocycles. The Morgan fingerprint density at radius 2 is 1.87 bits per heavy atom. The second kappa shape index (κ2) is 11.5. The summed E-state index contributed by atoms with van der Waals surface area (Å²) in [7, 11) is -3.68. The Bertz CT molecular complexity index is 987. The standard InChI is InChI=1S/C20H23Cl3N2O3S2/c1-3-19(25(30(2,27)28)16-6-4-5-15(21)12-16)20(26)24-9-10-29-13-14-7-8-17(22)18(23)11-14/h4-8,11-12,19H,3,9-10,13H2,1-2H3,(H,24,26)/t19-/m1/s1. The molecule has 1 amide bonds. The van der Waals surface area contributed by atoms with Crippen LogP contribution >= 0.6 is 46.6 Å². The summed E-state index contributed by atoms with van der Waals surface area (Å²) in [5.74, 6) is 1.04. The monoisotopic (exact) mass is 508 g/mol. The van der Waals surface area contributed by atoms with Crippen LogP contribution in [0.15, 0.2) is 42.5 Å². The molecule has 0 bridgehead atoms. The summed E-state index contributed by atoms with van der Waals surface area (Å²) in [6.45, 7) is 2.18. The molecule has 0 saturated heterocycles. The quantitative estimate of drug-likeness (QED) is 0.445. The van der Waals surface area contributed by atoms with Crippen molar-refractivity contribution in [3.8, 4) is 0 Å². The lowest BCUT2D eigenvalue weighted by Crippen LogP contribution is -2.49. The largest absolute Gasteiger partial charge is 0.353 e. The van der Waals surface area contributed by atoms with E-state index in [1.807, 2.05) is 12.1 Å². The summed E-state index contributed by atoms with van der Waals surface area (Å²) < 4.78 is 25.9. The maximum absolute atomic E-state index is 12.7. The number of hydrogen-bond donors (Lipinski definition) is 1. The molecule has 0 spiro atoms. The minimum atomic E-state index is -3.68. The highest BCUT2D eigenvalue weighted by Gasteiger charge is 2.31. The van der Waals surface area contributed by atoms with Gasteiger partial charge in [0.2, 0.25) is 15.9 Å². The molecule has 0 unspecified atom stereocenters. The Morgan fingerprint density at radius 1 is 1.13 bits per heavy atom. The normalized spacial score (nSPS) is 12.4. The fourth-order valence-corrected chi connectivity index (χ4v) is 5.37. The van der Waals surface area contributed by atoms with Crippen LogP contribution in [-0.4, -0.2) is 38.9 Å². The van der Waals surface area contributed by atoms with Gasteiger partial charge in [-0.15, -0.1) is 0 Å². The van der Waals surface area contributed by atoms with Crippen molar-refractivity contribution < 1.29 is 13.2 Å². The van der Waals surface area contributed by atoms with Crippen molar-refractivity contribution in [1.82, 2.24) is 5.32 Å². The fourth-order valence-electron chi connectivity index (χ4n) is 2.86. The Morgan fingerprint density at radius 3 is 2.47 bits per heavy atom. The molecule has 2 aromatic carbocycles. The van der Waals surface area contributed by atoms with Gasteiger partial charge < -0.3 is 5.32 Å². The van der Waals surface area contributed by atoms with E-state index >= 15 is 0 Å². The molecule has 1 N–H and O–H groups in total. The number of halogens is 3. The van der Waals surface area contributed by atoms with Crippen molar-refractivity contribution in [2.24, 2.45) is 0 Å². The minimum Gasteiger partial charge on any atom is -0.353 e. The third-order valence-corrected chi connectivity index (χ3v) is 7.38. The lowest BCUT2D eigenvalue weighted by Gasteiger charge is -2.30. The number of carbonyl (C=O) groups is 1. The number of thioether (sulfide) groups is 1. The average molecular weight is 510 g/mol. The molecule has 10 heteroatoms. The molecule has 0 heterocycles. The van der Waals surface area contributed by atoms with E-state index in [9.17, 15) is 13.2 Å². The van der Waals surface area contributed by atoms with E-state index < -0.39 is 16.1 Å². The van der Waals surface area contributed by atoms with Gasteiger partial charge in [0.15, 0.2) is 0 Å². The number of carbonyl (C=O) groups excluding carboxylic acids is 1. The van der Waals surface area contributed by atoms with Gasteiger partial charge in [-0.05, 0) is 42.3 Å². The molecule has 164 valence electrons. The summed E-state index contributed by atoms with van der Waals surface area (Å²) in [6.07, 6.45) is 1.40. The molecule has 0 fully saturated rings. The van der Waals surface area contributed by atoms with Crippen molar-refractivity contribution in [2.75, 3.05) is 22.9 Å². The Labute approximate surface area is 197 Å². The van der Waals surface area contributed by atoms with E-state index in [4.69, 9.17) is 34.8 Å². The average Bonchev–Trinajstić information content (AvgIpc) is 2.67. The van der Waals surface area contributed by atoms with Gasteiger partial charge in [0, 0.05) is 23.1 Å². The number of sulfonamides is 1. The number of anilines is 1. The van der Waals surface area contributed by atoms with Crippen molar-refractivity contribution in [3.63, 3.8) is 0 Å². The van der Waals surface area contributed by atoms with Gasteiger partial charge in [0.1, 0.15) is 6.04 Å². The summed E-state index contributed by atoms with van der Waals surface area (Å²) in [5, 5.41) is 4.25. The van der Waals surface area contributed by atoms with E-state index in [1.165, 1.54) is 6.07 Å². The first-order chi connectivity index (χ1) is 14.1. The van der Waals surface area contributed by atoms with Crippen LogP contribution in [0, 0.1) is 0 Å². The lowest BCUT2D eigenvalue weighted by molar-refractivity contribution is -0.122. The molecule has 5 nitrogen and oxygen atoms in total. The Hall–Kier alpha value is -1.12. The van der Waals surface area contributed by atoms with Gasteiger partial charge >= 0.3 is 0 Å². The molecule has 0 aromatic heterocycles. The Balaban J connectivity index is 1.96. The predicted octanol–water partition coefficient (Wildman–Crippen LogP) is 5.24. The summed E-state index contributed by atoms with van der Waals surface area (Å²) in [6, 6.07) is 11.1. The zero-order valence-corrected chi connectivity index (χ0v) is 20.5. The van der Waals surface area contributed by atoms with Crippen LogP contribution < -0.4 is 9.62 Å². The third kappa shape index (κ3) is 7.24. The summed E-state index contributed by atoms with van der Waals surface area (Å²) in [5.41, 5.74) is 1.40. The predicted molar refractivity (Wildman–Crippen MR) is 128 cm³/mol. The second-order valence-electron chi connectivity index (χ2n) is 6.55. The van der Waals surface area contributed by atoms with E-state index in [2.05, 4.69) is 5.32 Å². The van der Waals surface area contributed by atoms with Crippen LogP contribution in [0.4, 0.5) is 5.69 Å². The zero-order chi connectivity index (χ0) is 22.3. The van der Waals surface area contributed by atoms with Gasteiger partial charge in [-0.1, -0.05) is 53.9 Å². The van der Waals surface area contributed by atoms with E-state index in [-0.39, 0.29) is 5.91 Å². The van der Waals surface area contributed by atoms with Gasteiger partial charge in [-0.3, -0.25) is 9.10 Å². The molecule has 30 heavy (non-hydrogen) atoms. The molecule has 0 aliphatic rings. The van der Waals surface area contributed by atoms with Crippen LogP contribution in [0.2, 0.25) is 15.1 Å². The number of benzene rings is 2. The number of amides is 1. The maximum atomic E-state index is 12.7. The highest BCUT2D eigenvalue weighted by Crippen LogP contribution is 2.26. The van der Waals surface area contributed by atoms with Crippen LogP contribution in [0.3, 0.4) is 0 Å². The van der Waals surface area contributed by atoms with E-state index in [0.717, 1.165) is 21.9 Å². The number of hydrogen-bond acceptors (Lipinski definition) is 4. The topological polar surface area (TPSA) is 66.5 Å². The number of nitrogens with one attached hydrogen (secondary N) is 1. The lowest BCUT2D eigenvalue weighted by atomic mass is 10.2. The van der Waals surface area contributed by atoms with E-state index in [1.54, 1.807) is 43.0 Å². The first-order valence-electron chi connectivity index (χ1n) is 9.17. The van der Waals surface area contributed by atoms with Crippen LogP contribution in [0.1, 0.15) is 18.9 Å². The van der Waals surface area contributed by atoms with Crippen molar-refractivity contribution in [3.05, 3.63) is 63.1 Å². The van der Waals surface area contributed by atoms with Gasteiger partial charge in [0.25, 0.3) is 0 Å².